The molecule has 0 saturated carbocycles. The van der Waals surface area contributed by atoms with Crippen molar-refractivity contribution in [3.8, 4) is 0 Å². The number of unbranched alkanes of at least 4 members (excludes halogenated alkanes) is 6. The zero-order valence-corrected chi connectivity index (χ0v) is 13.0. The summed E-state index contributed by atoms with van der Waals surface area (Å²) in [6.45, 7) is 9.53. The van der Waals surface area contributed by atoms with Crippen molar-refractivity contribution < 1.29 is 0 Å². The fraction of sp³-hybridized carbons (Fsp3) is 0.824. The van der Waals surface area contributed by atoms with Crippen molar-refractivity contribution in [3.05, 3.63) is 12.3 Å². The fourth-order valence-corrected chi connectivity index (χ4v) is 2.97. The van der Waals surface area contributed by atoms with Crippen molar-refractivity contribution in [2.24, 2.45) is 5.92 Å². The Hall–Kier alpha value is -0.790. The Labute approximate surface area is 119 Å². The summed E-state index contributed by atoms with van der Waals surface area (Å²) < 4.78 is 0. The van der Waals surface area contributed by atoms with Gasteiger partial charge >= 0.3 is 0 Å². The summed E-state index contributed by atoms with van der Waals surface area (Å²) in [6.07, 6.45) is 12.8. The monoisotopic (exact) mass is 264 g/mol. The first-order valence-corrected chi connectivity index (χ1v) is 8.24. The Kier molecular flexibility index (Phi) is 7.85. The quantitative estimate of drug-likeness (QED) is 0.529. The summed E-state index contributed by atoms with van der Waals surface area (Å²) in [5.74, 6) is 1.28. The van der Waals surface area contributed by atoms with Gasteiger partial charge in [0.1, 0.15) is 5.84 Å². The van der Waals surface area contributed by atoms with E-state index >= 15 is 0 Å². The first-order chi connectivity index (χ1) is 9.20. The van der Waals surface area contributed by atoms with Crippen LogP contribution in [0.4, 0.5) is 0 Å². The number of likely N-dealkylation sites (tertiary alicyclic amines) is 1. The van der Waals surface area contributed by atoms with E-state index in [9.17, 15) is 0 Å². The Balaban J connectivity index is 2.13. The molecule has 1 N–H and O–H groups in total. The Morgan fingerprint density at radius 1 is 1.05 bits per heavy atom. The number of hydrogen-bond acceptors (Lipinski definition) is 1. The SMILES string of the molecule is C=C1CC(CCCCCCCCC)C(=N)N1CCC. The van der Waals surface area contributed by atoms with E-state index in [0.717, 1.165) is 25.2 Å². The topological polar surface area (TPSA) is 27.1 Å². The van der Waals surface area contributed by atoms with Crippen molar-refractivity contribution in [1.29, 1.82) is 5.41 Å². The Bertz CT molecular complexity index is 283. The van der Waals surface area contributed by atoms with Crippen LogP contribution in [-0.2, 0) is 0 Å². The number of nitrogens with zero attached hydrogens (tertiary/aromatic N) is 1. The maximum Gasteiger partial charge on any atom is 0.104 e. The molecule has 0 aromatic carbocycles. The van der Waals surface area contributed by atoms with E-state index in [1.807, 2.05) is 0 Å². The molecule has 19 heavy (non-hydrogen) atoms. The Morgan fingerprint density at radius 2 is 1.68 bits per heavy atom. The predicted molar refractivity (Wildman–Crippen MR) is 84.6 cm³/mol. The molecule has 0 bridgehead atoms. The van der Waals surface area contributed by atoms with Crippen LogP contribution < -0.4 is 0 Å². The normalized spacial score (nSPS) is 19.5. The summed E-state index contributed by atoms with van der Waals surface area (Å²) in [7, 11) is 0. The third-order valence-electron chi connectivity index (χ3n) is 4.14. The maximum absolute atomic E-state index is 8.23. The summed E-state index contributed by atoms with van der Waals surface area (Å²) in [5.41, 5.74) is 1.17. The molecule has 0 radical (unpaired) electrons. The molecule has 0 aliphatic carbocycles. The van der Waals surface area contributed by atoms with E-state index < -0.39 is 0 Å². The molecule has 2 nitrogen and oxygen atoms in total. The number of hydrogen-bond donors (Lipinski definition) is 1. The molecule has 1 saturated heterocycles. The van der Waals surface area contributed by atoms with E-state index in [1.165, 1.54) is 57.1 Å². The molecule has 0 amide bonds. The van der Waals surface area contributed by atoms with Crippen molar-refractivity contribution in [3.63, 3.8) is 0 Å². The highest BCUT2D eigenvalue weighted by Crippen LogP contribution is 2.30. The van der Waals surface area contributed by atoms with E-state index in [4.69, 9.17) is 5.41 Å². The fourth-order valence-electron chi connectivity index (χ4n) is 2.97. The minimum atomic E-state index is 0.453. The van der Waals surface area contributed by atoms with Crippen LogP contribution in [0.3, 0.4) is 0 Å². The molecule has 2 heteroatoms. The second kappa shape index (κ2) is 9.17. The zero-order chi connectivity index (χ0) is 14.1. The highest BCUT2D eigenvalue weighted by Gasteiger charge is 2.29. The van der Waals surface area contributed by atoms with Gasteiger partial charge in [-0.1, -0.05) is 65.4 Å². The van der Waals surface area contributed by atoms with Crippen LogP contribution in [0.2, 0.25) is 0 Å². The zero-order valence-electron chi connectivity index (χ0n) is 13.0. The van der Waals surface area contributed by atoms with Gasteiger partial charge in [0.15, 0.2) is 0 Å². The average Bonchev–Trinajstić information content (AvgIpc) is 2.66. The molecule has 0 spiro atoms. The van der Waals surface area contributed by atoms with Crippen molar-refractivity contribution in [2.45, 2.75) is 78.1 Å². The van der Waals surface area contributed by atoms with Crippen LogP contribution in [0.15, 0.2) is 12.3 Å². The molecule has 0 aromatic heterocycles. The lowest BCUT2D eigenvalue weighted by molar-refractivity contribution is 0.518. The molecule has 1 aliphatic rings. The van der Waals surface area contributed by atoms with Gasteiger partial charge < -0.3 is 4.90 Å². The van der Waals surface area contributed by atoms with Gasteiger partial charge in [-0.3, -0.25) is 5.41 Å². The summed E-state index contributed by atoms with van der Waals surface area (Å²) in [4.78, 5) is 2.13. The highest BCUT2D eigenvalue weighted by atomic mass is 15.2. The molecule has 0 aromatic rings. The Morgan fingerprint density at radius 3 is 2.32 bits per heavy atom. The largest absolute Gasteiger partial charge is 0.334 e. The summed E-state index contributed by atoms with van der Waals surface area (Å²) in [6, 6.07) is 0. The number of rotatable bonds is 10. The van der Waals surface area contributed by atoms with E-state index in [1.54, 1.807) is 0 Å². The van der Waals surface area contributed by atoms with Crippen molar-refractivity contribution >= 4 is 5.84 Å². The van der Waals surface area contributed by atoms with Crippen LogP contribution in [0.25, 0.3) is 0 Å². The van der Waals surface area contributed by atoms with Crippen molar-refractivity contribution in [2.75, 3.05) is 6.54 Å². The first kappa shape index (κ1) is 16.3. The van der Waals surface area contributed by atoms with Crippen LogP contribution in [0, 0.1) is 11.3 Å². The van der Waals surface area contributed by atoms with Crippen molar-refractivity contribution in [1.82, 2.24) is 4.90 Å². The molecule has 1 heterocycles. The molecular formula is C17H32N2. The molecule has 1 rings (SSSR count). The lowest BCUT2D eigenvalue weighted by atomic mass is 9.98. The number of nitrogens with one attached hydrogen (secondary N) is 1. The van der Waals surface area contributed by atoms with E-state index in [-0.39, 0.29) is 0 Å². The van der Waals surface area contributed by atoms with Gasteiger partial charge in [0.25, 0.3) is 0 Å². The number of amidine groups is 1. The van der Waals surface area contributed by atoms with Gasteiger partial charge in [0.2, 0.25) is 0 Å². The van der Waals surface area contributed by atoms with Crippen LogP contribution in [0.5, 0.6) is 0 Å². The van der Waals surface area contributed by atoms with Crippen LogP contribution in [-0.4, -0.2) is 17.3 Å². The van der Waals surface area contributed by atoms with Gasteiger partial charge in [-0.15, -0.1) is 0 Å². The van der Waals surface area contributed by atoms with Gasteiger partial charge in [-0.05, 0) is 19.3 Å². The summed E-state index contributed by atoms with van der Waals surface area (Å²) in [5, 5.41) is 8.23. The molecular weight excluding hydrogens is 232 g/mol. The molecule has 1 fully saturated rings. The maximum atomic E-state index is 8.23. The van der Waals surface area contributed by atoms with E-state index in [2.05, 4.69) is 25.3 Å². The van der Waals surface area contributed by atoms with Gasteiger partial charge in [-0.25, -0.2) is 0 Å². The first-order valence-electron chi connectivity index (χ1n) is 8.24. The molecule has 1 unspecified atom stereocenters. The lowest BCUT2D eigenvalue weighted by Gasteiger charge is -2.19. The molecule has 110 valence electrons. The third-order valence-corrected chi connectivity index (χ3v) is 4.14. The highest BCUT2D eigenvalue weighted by molar-refractivity contribution is 5.86. The minimum Gasteiger partial charge on any atom is -0.334 e. The van der Waals surface area contributed by atoms with Crippen LogP contribution in [0.1, 0.15) is 78.1 Å². The second-order valence-corrected chi connectivity index (χ2v) is 5.91. The second-order valence-electron chi connectivity index (χ2n) is 5.91. The van der Waals surface area contributed by atoms with Gasteiger partial charge in [0, 0.05) is 18.2 Å². The predicted octanol–water partition coefficient (Wildman–Crippen LogP) is 5.35. The number of allylic oxidation sites excluding steroid dienone is 1. The van der Waals surface area contributed by atoms with Crippen LogP contribution >= 0.6 is 0 Å². The average molecular weight is 264 g/mol. The lowest BCUT2D eigenvalue weighted by Crippen LogP contribution is -2.26. The minimum absolute atomic E-state index is 0.453. The molecule has 1 aliphatic heterocycles. The third kappa shape index (κ3) is 5.38. The van der Waals surface area contributed by atoms with E-state index in [0.29, 0.717) is 5.92 Å². The molecule has 1 atom stereocenters. The van der Waals surface area contributed by atoms with Gasteiger partial charge in [-0.2, -0.15) is 0 Å². The van der Waals surface area contributed by atoms with Gasteiger partial charge in [0.05, 0.1) is 0 Å². The standard InChI is InChI=1S/C17H32N2/c1-4-6-7-8-9-10-11-12-16-14-15(3)19(13-5-2)17(16)18/h16,18H,3-14H2,1-2H3. The smallest absolute Gasteiger partial charge is 0.104 e. The summed E-state index contributed by atoms with van der Waals surface area (Å²) >= 11 is 0.